The van der Waals surface area contributed by atoms with Gasteiger partial charge in [0, 0.05) is 6.54 Å². The Morgan fingerprint density at radius 1 is 1.41 bits per heavy atom. The number of nitrogens with one attached hydrogen (secondary N) is 1. The number of carbonyl (C=O) groups excluding carboxylic acids is 1. The van der Waals surface area contributed by atoms with Crippen LogP contribution in [-0.4, -0.2) is 25.2 Å². The minimum Gasteiger partial charge on any atom is -0.465 e. The van der Waals surface area contributed by atoms with E-state index < -0.39 is 0 Å². The fraction of sp³-hybridized carbons (Fsp3) is 0.786. The summed E-state index contributed by atoms with van der Waals surface area (Å²) in [7, 11) is 0. The Morgan fingerprint density at radius 2 is 2.06 bits per heavy atom. The minimum atomic E-state index is -0.147. The van der Waals surface area contributed by atoms with E-state index in [0.29, 0.717) is 19.1 Å². The van der Waals surface area contributed by atoms with Crippen molar-refractivity contribution in [3.63, 3.8) is 0 Å². The molecule has 0 saturated heterocycles. The van der Waals surface area contributed by atoms with Gasteiger partial charge in [0.25, 0.3) is 0 Å². The van der Waals surface area contributed by atoms with Crippen LogP contribution in [0.5, 0.6) is 0 Å². The van der Waals surface area contributed by atoms with Gasteiger partial charge in [-0.05, 0) is 25.7 Å². The summed E-state index contributed by atoms with van der Waals surface area (Å²) in [5.41, 5.74) is 0. The highest BCUT2D eigenvalue weighted by molar-refractivity contribution is 5.76. The first kappa shape index (κ1) is 14.2. The molecule has 3 nitrogen and oxygen atoms in total. The van der Waals surface area contributed by atoms with Crippen molar-refractivity contribution >= 4 is 5.97 Å². The molecule has 1 aliphatic carbocycles. The monoisotopic (exact) mass is 239 g/mol. The Bertz CT molecular complexity index is 232. The number of hydrogen-bond donors (Lipinski definition) is 1. The third-order valence-electron chi connectivity index (χ3n) is 3.39. The van der Waals surface area contributed by atoms with E-state index in [1.807, 2.05) is 6.92 Å². The third-order valence-corrected chi connectivity index (χ3v) is 3.39. The molecule has 0 heterocycles. The van der Waals surface area contributed by atoms with E-state index in [1.165, 1.54) is 25.7 Å². The van der Waals surface area contributed by atoms with Gasteiger partial charge in [0.2, 0.25) is 0 Å². The molecule has 1 saturated carbocycles. The van der Waals surface area contributed by atoms with Crippen molar-refractivity contribution in [3.05, 3.63) is 12.7 Å². The van der Waals surface area contributed by atoms with Crippen molar-refractivity contribution in [3.8, 4) is 0 Å². The van der Waals surface area contributed by atoms with Gasteiger partial charge in [0.1, 0.15) is 6.04 Å². The maximum atomic E-state index is 11.9. The molecule has 0 aromatic carbocycles. The predicted octanol–water partition coefficient (Wildman–Crippen LogP) is 2.66. The zero-order chi connectivity index (χ0) is 12.5. The first-order valence-electron chi connectivity index (χ1n) is 6.80. The first-order chi connectivity index (χ1) is 8.29. The molecule has 0 radical (unpaired) electrons. The van der Waals surface area contributed by atoms with Gasteiger partial charge in [0.15, 0.2) is 0 Å². The van der Waals surface area contributed by atoms with E-state index in [2.05, 4.69) is 11.9 Å². The summed E-state index contributed by atoms with van der Waals surface area (Å²) in [4.78, 5) is 11.9. The minimum absolute atomic E-state index is 0.0961. The zero-order valence-electron chi connectivity index (χ0n) is 10.9. The molecule has 1 N–H and O–H groups in total. The van der Waals surface area contributed by atoms with Crippen LogP contribution < -0.4 is 5.32 Å². The molecule has 98 valence electrons. The van der Waals surface area contributed by atoms with E-state index in [9.17, 15) is 4.79 Å². The van der Waals surface area contributed by atoms with Crippen LogP contribution in [-0.2, 0) is 9.53 Å². The van der Waals surface area contributed by atoms with Crippen molar-refractivity contribution in [2.75, 3.05) is 13.2 Å². The van der Waals surface area contributed by atoms with Crippen LogP contribution in [0.2, 0.25) is 0 Å². The number of ether oxygens (including phenoxy) is 1. The quantitative estimate of drug-likeness (QED) is 0.440. The average molecular weight is 239 g/mol. The van der Waals surface area contributed by atoms with Crippen LogP contribution in [0.25, 0.3) is 0 Å². The standard InChI is InChI=1S/C14H25NO2/c1-3-11-15-13(14(16)17-4-2)12-9-7-5-6-8-10-12/h3,12-13,15H,1,4-11H2,2H3. The van der Waals surface area contributed by atoms with Gasteiger partial charge in [-0.1, -0.05) is 31.8 Å². The largest absolute Gasteiger partial charge is 0.465 e. The summed E-state index contributed by atoms with van der Waals surface area (Å²) < 4.78 is 5.16. The maximum Gasteiger partial charge on any atom is 0.323 e. The van der Waals surface area contributed by atoms with Gasteiger partial charge in [-0.15, -0.1) is 6.58 Å². The molecule has 1 rings (SSSR count). The van der Waals surface area contributed by atoms with Crippen LogP contribution in [0.3, 0.4) is 0 Å². The van der Waals surface area contributed by atoms with Crippen molar-refractivity contribution in [1.29, 1.82) is 0 Å². The van der Waals surface area contributed by atoms with Gasteiger partial charge < -0.3 is 10.1 Å². The number of rotatable bonds is 6. The molecule has 3 heteroatoms. The Kier molecular flexibility index (Phi) is 6.94. The second-order valence-corrected chi connectivity index (χ2v) is 4.68. The highest BCUT2D eigenvalue weighted by Gasteiger charge is 2.29. The van der Waals surface area contributed by atoms with Gasteiger partial charge in [-0.3, -0.25) is 4.79 Å². The number of hydrogen-bond acceptors (Lipinski definition) is 3. The van der Waals surface area contributed by atoms with Gasteiger partial charge in [-0.25, -0.2) is 0 Å². The average Bonchev–Trinajstić information content (AvgIpc) is 2.59. The van der Waals surface area contributed by atoms with E-state index >= 15 is 0 Å². The second kappa shape index (κ2) is 8.29. The molecule has 0 aromatic heterocycles. The number of esters is 1. The fourth-order valence-corrected chi connectivity index (χ4v) is 2.53. The Labute approximate surface area is 105 Å². The van der Waals surface area contributed by atoms with Crippen LogP contribution >= 0.6 is 0 Å². The lowest BCUT2D eigenvalue weighted by atomic mass is 9.92. The molecule has 1 aliphatic rings. The van der Waals surface area contributed by atoms with Crippen LogP contribution in [0, 0.1) is 5.92 Å². The maximum absolute atomic E-state index is 11.9. The Morgan fingerprint density at radius 3 is 2.59 bits per heavy atom. The van der Waals surface area contributed by atoms with E-state index in [-0.39, 0.29) is 12.0 Å². The van der Waals surface area contributed by atoms with Crippen molar-refractivity contribution in [2.24, 2.45) is 5.92 Å². The van der Waals surface area contributed by atoms with E-state index in [0.717, 1.165) is 12.8 Å². The lowest BCUT2D eigenvalue weighted by Crippen LogP contribution is -2.44. The molecule has 0 aromatic rings. The summed E-state index contributed by atoms with van der Waals surface area (Å²) in [6, 6.07) is -0.147. The Hall–Kier alpha value is -0.830. The summed E-state index contributed by atoms with van der Waals surface area (Å²) in [6.07, 6.45) is 9.12. The SMILES string of the molecule is C=CCNC(C(=O)OCC)C1CCCCCC1. The Balaban J connectivity index is 2.58. The molecule has 1 fully saturated rings. The van der Waals surface area contributed by atoms with Crippen molar-refractivity contribution < 1.29 is 9.53 Å². The van der Waals surface area contributed by atoms with E-state index in [4.69, 9.17) is 4.74 Å². The zero-order valence-corrected chi connectivity index (χ0v) is 10.9. The molecule has 1 atom stereocenters. The molecule has 0 aliphatic heterocycles. The van der Waals surface area contributed by atoms with Crippen molar-refractivity contribution in [2.45, 2.75) is 51.5 Å². The van der Waals surface area contributed by atoms with Crippen LogP contribution in [0.1, 0.15) is 45.4 Å². The summed E-state index contributed by atoms with van der Waals surface area (Å²) in [6.45, 7) is 6.67. The predicted molar refractivity (Wildman–Crippen MR) is 69.8 cm³/mol. The summed E-state index contributed by atoms with van der Waals surface area (Å²) in [5.74, 6) is 0.331. The molecule has 1 unspecified atom stereocenters. The highest BCUT2D eigenvalue weighted by Crippen LogP contribution is 2.26. The third kappa shape index (κ3) is 4.90. The lowest BCUT2D eigenvalue weighted by Gasteiger charge is -2.25. The smallest absolute Gasteiger partial charge is 0.323 e. The normalized spacial score (nSPS) is 19.4. The first-order valence-corrected chi connectivity index (χ1v) is 6.80. The topological polar surface area (TPSA) is 38.3 Å². The van der Waals surface area contributed by atoms with Gasteiger partial charge in [-0.2, -0.15) is 0 Å². The van der Waals surface area contributed by atoms with Crippen LogP contribution in [0.15, 0.2) is 12.7 Å². The second-order valence-electron chi connectivity index (χ2n) is 4.68. The number of carbonyl (C=O) groups is 1. The van der Waals surface area contributed by atoms with Crippen LogP contribution in [0.4, 0.5) is 0 Å². The molecule has 0 bridgehead atoms. The molecule has 0 spiro atoms. The molecular formula is C14H25NO2. The highest BCUT2D eigenvalue weighted by atomic mass is 16.5. The summed E-state index contributed by atoms with van der Waals surface area (Å²) in [5, 5.41) is 3.26. The van der Waals surface area contributed by atoms with Gasteiger partial charge in [0.05, 0.1) is 6.61 Å². The summed E-state index contributed by atoms with van der Waals surface area (Å²) >= 11 is 0. The molecule has 17 heavy (non-hydrogen) atoms. The lowest BCUT2D eigenvalue weighted by molar-refractivity contribution is -0.147. The fourth-order valence-electron chi connectivity index (χ4n) is 2.53. The van der Waals surface area contributed by atoms with E-state index in [1.54, 1.807) is 6.08 Å². The molecule has 0 amide bonds. The van der Waals surface area contributed by atoms with Crippen molar-refractivity contribution in [1.82, 2.24) is 5.32 Å². The molecular weight excluding hydrogens is 214 g/mol. The van der Waals surface area contributed by atoms with Gasteiger partial charge >= 0.3 is 5.97 Å².